The van der Waals surface area contributed by atoms with Crippen molar-refractivity contribution in [2.45, 2.75) is 84.9 Å². The topological polar surface area (TPSA) is 45.7 Å². The molecule has 0 radical (unpaired) electrons. The van der Waals surface area contributed by atoms with Crippen molar-refractivity contribution in [2.75, 3.05) is 18.0 Å². The molecule has 0 spiro atoms. The van der Waals surface area contributed by atoms with Crippen molar-refractivity contribution in [1.82, 2.24) is 9.88 Å². The Bertz CT molecular complexity index is 576. The van der Waals surface area contributed by atoms with E-state index in [1.165, 1.54) is 31.2 Å². The van der Waals surface area contributed by atoms with Crippen LogP contribution in [-0.4, -0.2) is 40.7 Å². The van der Waals surface area contributed by atoms with E-state index in [1.54, 1.807) is 4.90 Å². The van der Waals surface area contributed by atoms with Crippen LogP contribution in [0.2, 0.25) is 0 Å². The number of ether oxygens (including phenoxy) is 1. The molecule has 0 bridgehead atoms. The molecule has 1 aromatic rings. The Hall–Kier alpha value is -1.62. The van der Waals surface area contributed by atoms with E-state index in [-0.39, 0.29) is 12.1 Å². The highest BCUT2D eigenvalue weighted by Gasteiger charge is 2.27. The van der Waals surface area contributed by atoms with Crippen molar-refractivity contribution in [3.63, 3.8) is 0 Å². The van der Waals surface area contributed by atoms with Gasteiger partial charge in [0.2, 0.25) is 0 Å². The summed E-state index contributed by atoms with van der Waals surface area (Å²) in [5.74, 6) is 0.649. The lowest BCUT2D eigenvalue weighted by Gasteiger charge is -2.36. The summed E-state index contributed by atoms with van der Waals surface area (Å²) in [5, 5.41) is 0. The second-order valence-corrected chi connectivity index (χ2v) is 8.44. The van der Waals surface area contributed by atoms with Gasteiger partial charge in [0.15, 0.2) is 0 Å². The minimum atomic E-state index is -0.521. The highest BCUT2D eigenvalue weighted by atomic mass is 16.6. The zero-order valence-corrected chi connectivity index (χ0v) is 17.3. The maximum absolute atomic E-state index is 12.6. The molecule has 0 N–H and O–H groups in total. The Morgan fingerprint density at radius 2 is 2.08 bits per heavy atom. The Morgan fingerprint density at radius 1 is 1.35 bits per heavy atom. The molecule has 1 amide bonds. The predicted octanol–water partition coefficient (Wildman–Crippen LogP) is 5.17. The molecule has 1 saturated heterocycles. The maximum Gasteiger partial charge on any atom is 0.416 e. The lowest BCUT2D eigenvalue weighted by molar-refractivity contribution is 0.0569. The van der Waals surface area contributed by atoms with Gasteiger partial charge in [0.05, 0.1) is 0 Å². The molecule has 5 heteroatoms. The van der Waals surface area contributed by atoms with Gasteiger partial charge in [-0.05, 0) is 78.6 Å². The van der Waals surface area contributed by atoms with Crippen LogP contribution in [0.4, 0.5) is 10.6 Å². The third kappa shape index (κ3) is 5.44. The van der Waals surface area contributed by atoms with Crippen LogP contribution in [0.5, 0.6) is 0 Å². The summed E-state index contributed by atoms with van der Waals surface area (Å²) >= 11 is 0. The lowest BCUT2D eigenvalue weighted by Crippen LogP contribution is -2.41. The van der Waals surface area contributed by atoms with Gasteiger partial charge in [-0.3, -0.25) is 9.80 Å². The van der Waals surface area contributed by atoms with Crippen LogP contribution >= 0.6 is 0 Å². The molecule has 0 aliphatic carbocycles. The largest absolute Gasteiger partial charge is 0.443 e. The first kappa shape index (κ1) is 20.7. The first-order chi connectivity index (χ1) is 12.2. The smallest absolute Gasteiger partial charge is 0.416 e. The molecule has 1 atom stereocenters. The summed E-state index contributed by atoms with van der Waals surface area (Å²) in [5.41, 5.74) is 0.724. The average Bonchev–Trinajstić information content (AvgIpc) is 2.54. The van der Waals surface area contributed by atoms with E-state index in [9.17, 15) is 4.79 Å². The van der Waals surface area contributed by atoms with Gasteiger partial charge in [-0.2, -0.15) is 0 Å². The first-order valence-corrected chi connectivity index (χ1v) is 9.95. The van der Waals surface area contributed by atoms with Crippen molar-refractivity contribution >= 4 is 11.9 Å². The number of piperidine rings is 1. The second kappa shape index (κ2) is 8.85. The molecule has 0 saturated carbocycles. The summed E-state index contributed by atoms with van der Waals surface area (Å²) in [6.07, 6.45) is 6.49. The summed E-state index contributed by atoms with van der Waals surface area (Å²) in [7, 11) is 0. The van der Waals surface area contributed by atoms with E-state index in [0.717, 1.165) is 13.1 Å². The van der Waals surface area contributed by atoms with Gasteiger partial charge in [-0.15, -0.1) is 0 Å². The Balaban J connectivity index is 2.19. The number of anilines is 1. The van der Waals surface area contributed by atoms with Gasteiger partial charge in [-0.25, -0.2) is 9.78 Å². The summed E-state index contributed by atoms with van der Waals surface area (Å²) in [4.78, 5) is 21.4. The zero-order chi connectivity index (χ0) is 19.3. The standard InChI is InChI=1S/C21H35N3O2/c1-7-13-23-14-9-8-10-18(23)17-11-12-19(22-15-17)24(16(2)3)20(25)26-21(4,5)6/h11-12,15-16,18H,7-10,13-14H2,1-6H3. The molecule has 2 heterocycles. The summed E-state index contributed by atoms with van der Waals surface area (Å²) < 4.78 is 5.55. The number of likely N-dealkylation sites (tertiary alicyclic amines) is 1. The number of carbonyl (C=O) groups is 1. The summed E-state index contributed by atoms with van der Waals surface area (Å²) in [6, 6.07) is 4.51. The van der Waals surface area contributed by atoms with E-state index in [1.807, 2.05) is 46.9 Å². The van der Waals surface area contributed by atoms with Crippen LogP contribution in [0.1, 0.15) is 78.8 Å². The van der Waals surface area contributed by atoms with Crippen LogP contribution in [0.25, 0.3) is 0 Å². The number of rotatable bonds is 5. The van der Waals surface area contributed by atoms with Gasteiger partial charge in [0.25, 0.3) is 0 Å². The van der Waals surface area contributed by atoms with Crippen molar-refractivity contribution in [2.24, 2.45) is 0 Å². The minimum absolute atomic E-state index is 0.0190. The van der Waals surface area contributed by atoms with E-state index in [4.69, 9.17) is 4.74 Å². The SMILES string of the molecule is CCCN1CCCCC1c1ccc(N(C(=O)OC(C)(C)C)C(C)C)nc1. The fourth-order valence-electron chi connectivity index (χ4n) is 3.54. The highest BCUT2D eigenvalue weighted by molar-refractivity contribution is 5.87. The van der Waals surface area contributed by atoms with Crippen LogP contribution in [0.3, 0.4) is 0 Å². The van der Waals surface area contributed by atoms with Crippen LogP contribution in [0, 0.1) is 0 Å². The van der Waals surface area contributed by atoms with Crippen LogP contribution in [0.15, 0.2) is 18.3 Å². The summed E-state index contributed by atoms with van der Waals surface area (Å²) in [6.45, 7) is 14.1. The molecule has 146 valence electrons. The highest BCUT2D eigenvalue weighted by Crippen LogP contribution is 2.31. The molecule has 1 aliphatic heterocycles. The van der Waals surface area contributed by atoms with Crippen LogP contribution in [-0.2, 0) is 4.74 Å². The molecule has 26 heavy (non-hydrogen) atoms. The molecule has 2 rings (SSSR count). The number of aromatic nitrogens is 1. The van der Waals surface area contributed by atoms with E-state index < -0.39 is 5.60 Å². The Kier molecular flexibility index (Phi) is 7.04. The fraction of sp³-hybridized carbons (Fsp3) is 0.714. The van der Waals surface area contributed by atoms with E-state index >= 15 is 0 Å². The van der Waals surface area contributed by atoms with Gasteiger partial charge >= 0.3 is 6.09 Å². The number of nitrogens with zero attached hydrogens (tertiary/aromatic N) is 3. The van der Waals surface area contributed by atoms with Crippen molar-refractivity contribution in [3.8, 4) is 0 Å². The molecule has 1 aromatic heterocycles. The molecule has 1 unspecified atom stereocenters. The molecule has 5 nitrogen and oxygen atoms in total. The third-order valence-electron chi connectivity index (χ3n) is 4.63. The van der Waals surface area contributed by atoms with Crippen molar-refractivity contribution < 1.29 is 9.53 Å². The molecular weight excluding hydrogens is 326 g/mol. The number of carbonyl (C=O) groups excluding carboxylic acids is 1. The molecule has 1 fully saturated rings. The maximum atomic E-state index is 12.6. The quantitative estimate of drug-likeness (QED) is 0.726. The number of amides is 1. The predicted molar refractivity (Wildman–Crippen MR) is 107 cm³/mol. The third-order valence-corrected chi connectivity index (χ3v) is 4.63. The molecule has 0 aromatic carbocycles. The average molecular weight is 362 g/mol. The van der Waals surface area contributed by atoms with Crippen molar-refractivity contribution in [1.29, 1.82) is 0 Å². The van der Waals surface area contributed by atoms with E-state index in [2.05, 4.69) is 22.9 Å². The zero-order valence-electron chi connectivity index (χ0n) is 17.3. The minimum Gasteiger partial charge on any atom is -0.443 e. The Morgan fingerprint density at radius 3 is 2.62 bits per heavy atom. The normalized spacial score (nSPS) is 18.8. The Labute approximate surface area is 158 Å². The molecule has 1 aliphatic rings. The van der Waals surface area contributed by atoms with Gasteiger partial charge in [-0.1, -0.05) is 19.4 Å². The second-order valence-electron chi connectivity index (χ2n) is 8.44. The first-order valence-electron chi connectivity index (χ1n) is 9.95. The van der Waals surface area contributed by atoms with E-state index in [0.29, 0.717) is 11.9 Å². The fourth-order valence-corrected chi connectivity index (χ4v) is 3.54. The number of hydrogen-bond donors (Lipinski definition) is 0. The van der Waals surface area contributed by atoms with Gasteiger partial charge < -0.3 is 4.74 Å². The monoisotopic (exact) mass is 361 g/mol. The number of hydrogen-bond acceptors (Lipinski definition) is 4. The lowest BCUT2D eigenvalue weighted by atomic mass is 9.96. The molecular formula is C21H35N3O2. The van der Waals surface area contributed by atoms with Gasteiger partial charge in [0.1, 0.15) is 11.4 Å². The van der Waals surface area contributed by atoms with Gasteiger partial charge in [0, 0.05) is 18.3 Å². The van der Waals surface area contributed by atoms with Crippen molar-refractivity contribution in [3.05, 3.63) is 23.9 Å². The number of pyridine rings is 1. The van der Waals surface area contributed by atoms with Crippen LogP contribution < -0.4 is 4.90 Å².